The number of hydrogen-bond acceptors (Lipinski definition) is 6. The van der Waals surface area contributed by atoms with Crippen molar-refractivity contribution in [3.63, 3.8) is 0 Å². The van der Waals surface area contributed by atoms with Gasteiger partial charge >= 0.3 is 0 Å². The van der Waals surface area contributed by atoms with Gasteiger partial charge in [0.15, 0.2) is 0 Å². The van der Waals surface area contributed by atoms with E-state index in [1.807, 2.05) is 60.7 Å². The fourth-order valence-corrected chi connectivity index (χ4v) is 3.03. The SMILES string of the molecule is O=C(CNC(=O)C(c1ccccc1)c1ccccc1)NN=Cc1cc([N+](=O)[O-])ccc1O. The molecule has 3 aromatic carbocycles. The molecule has 0 fully saturated rings. The third-order valence-electron chi connectivity index (χ3n) is 4.57. The van der Waals surface area contributed by atoms with Crippen molar-refractivity contribution in [1.29, 1.82) is 0 Å². The minimum atomic E-state index is -0.610. The standard InChI is InChI=1S/C23H20N4O5/c28-20-12-11-19(27(31)32)13-18(20)14-25-26-21(29)15-24-23(30)22(16-7-3-1-4-8-16)17-9-5-2-6-10-17/h1-14,22,28H,15H2,(H,24,30)(H,26,29). The summed E-state index contributed by atoms with van der Waals surface area (Å²) in [6.45, 7) is -0.326. The molecule has 162 valence electrons. The second-order valence-electron chi connectivity index (χ2n) is 6.77. The van der Waals surface area contributed by atoms with Crippen LogP contribution >= 0.6 is 0 Å². The Morgan fingerprint density at radius 2 is 1.59 bits per heavy atom. The van der Waals surface area contributed by atoms with Crippen LogP contribution in [0.5, 0.6) is 5.75 Å². The summed E-state index contributed by atoms with van der Waals surface area (Å²) in [5.41, 5.74) is 3.63. The van der Waals surface area contributed by atoms with E-state index >= 15 is 0 Å². The number of non-ortho nitro benzene ring substituents is 1. The van der Waals surface area contributed by atoms with Gasteiger partial charge in [0.1, 0.15) is 5.75 Å². The van der Waals surface area contributed by atoms with Crippen LogP contribution in [0.15, 0.2) is 84.0 Å². The molecule has 3 N–H and O–H groups in total. The molecule has 3 aromatic rings. The number of phenolic OH excluding ortho intramolecular Hbond substituents is 1. The lowest BCUT2D eigenvalue weighted by Gasteiger charge is -2.17. The van der Waals surface area contributed by atoms with Gasteiger partial charge in [0.25, 0.3) is 11.6 Å². The van der Waals surface area contributed by atoms with E-state index in [9.17, 15) is 24.8 Å². The second kappa shape index (κ2) is 10.5. The van der Waals surface area contributed by atoms with Crippen LogP contribution in [0, 0.1) is 10.1 Å². The summed E-state index contributed by atoms with van der Waals surface area (Å²) in [7, 11) is 0. The number of rotatable bonds is 8. The molecule has 0 saturated carbocycles. The molecule has 0 spiro atoms. The lowest BCUT2D eigenvalue weighted by molar-refractivity contribution is -0.384. The van der Waals surface area contributed by atoms with Gasteiger partial charge in [-0.25, -0.2) is 5.43 Å². The maximum absolute atomic E-state index is 12.9. The first-order valence-corrected chi connectivity index (χ1v) is 9.62. The minimum Gasteiger partial charge on any atom is -0.507 e. The molecule has 0 saturated heterocycles. The van der Waals surface area contributed by atoms with Gasteiger partial charge in [-0.1, -0.05) is 60.7 Å². The molecule has 0 unspecified atom stereocenters. The first kappa shape index (κ1) is 22.2. The van der Waals surface area contributed by atoms with Gasteiger partial charge in [0.05, 0.1) is 23.6 Å². The number of nitrogens with zero attached hydrogens (tertiary/aromatic N) is 2. The molecule has 0 bridgehead atoms. The molecule has 0 aliphatic heterocycles. The Bertz CT molecular complexity index is 1090. The average molecular weight is 432 g/mol. The number of nitrogens with one attached hydrogen (secondary N) is 2. The molecule has 9 nitrogen and oxygen atoms in total. The zero-order valence-electron chi connectivity index (χ0n) is 16.8. The third kappa shape index (κ3) is 5.76. The van der Waals surface area contributed by atoms with Gasteiger partial charge in [-0.05, 0) is 17.2 Å². The summed E-state index contributed by atoms with van der Waals surface area (Å²) in [6.07, 6.45) is 1.08. The Morgan fingerprint density at radius 3 is 2.16 bits per heavy atom. The maximum Gasteiger partial charge on any atom is 0.270 e. The van der Waals surface area contributed by atoms with Crippen molar-refractivity contribution < 1.29 is 19.6 Å². The van der Waals surface area contributed by atoms with Crippen LogP contribution in [0.25, 0.3) is 0 Å². The van der Waals surface area contributed by atoms with Crippen molar-refractivity contribution in [2.45, 2.75) is 5.92 Å². The van der Waals surface area contributed by atoms with Crippen molar-refractivity contribution in [2.75, 3.05) is 6.54 Å². The molecule has 9 heteroatoms. The number of carbonyl (C=O) groups excluding carboxylic acids is 2. The van der Waals surface area contributed by atoms with Crippen molar-refractivity contribution in [1.82, 2.24) is 10.7 Å². The summed E-state index contributed by atoms with van der Waals surface area (Å²) in [4.78, 5) is 35.2. The van der Waals surface area contributed by atoms with Crippen molar-refractivity contribution in [2.24, 2.45) is 5.10 Å². The fourth-order valence-electron chi connectivity index (χ4n) is 3.03. The highest BCUT2D eigenvalue weighted by Gasteiger charge is 2.22. The number of hydrazone groups is 1. The molecule has 0 aliphatic carbocycles. The molecule has 3 rings (SSSR count). The molecule has 0 aromatic heterocycles. The van der Waals surface area contributed by atoms with E-state index in [0.29, 0.717) is 0 Å². The smallest absolute Gasteiger partial charge is 0.270 e. The van der Waals surface area contributed by atoms with Crippen LogP contribution in [0.3, 0.4) is 0 Å². The van der Waals surface area contributed by atoms with Crippen molar-refractivity contribution >= 4 is 23.7 Å². The van der Waals surface area contributed by atoms with Crippen molar-refractivity contribution in [3.8, 4) is 5.75 Å². The number of hydrogen-bond donors (Lipinski definition) is 3. The Labute approximate surface area is 183 Å². The van der Waals surface area contributed by atoms with Gasteiger partial charge in [-0.3, -0.25) is 19.7 Å². The molecule has 0 radical (unpaired) electrons. The lowest BCUT2D eigenvalue weighted by atomic mass is 9.90. The van der Waals surface area contributed by atoms with E-state index in [4.69, 9.17) is 0 Å². The predicted molar refractivity (Wildman–Crippen MR) is 118 cm³/mol. The highest BCUT2D eigenvalue weighted by atomic mass is 16.6. The molecular weight excluding hydrogens is 412 g/mol. The minimum absolute atomic E-state index is 0.0664. The van der Waals surface area contributed by atoms with Gasteiger partial charge in [-0.15, -0.1) is 0 Å². The van der Waals surface area contributed by atoms with Crippen LogP contribution in [0.1, 0.15) is 22.6 Å². The van der Waals surface area contributed by atoms with E-state index in [0.717, 1.165) is 35.5 Å². The monoisotopic (exact) mass is 432 g/mol. The van der Waals surface area contributed by atoms with Crippen molar-refractivity contribution in [3.05, 3.63) is 106 Å². The van der Waals surface area contributed by atoms with Crippen LogP contribution < -0.4 is 10.7 Å². The van der Waals surface area contributed by atoms with E-state index in [1.165, 1.54) is 0 Å². The quantitative estimate of drug-likeness (QED) is 0.286. The lowest BCUT2D eigenvalue weighted by Crippen LogP contribution is -2.37. The number of nitro groups is 1. The maximum atomic E-state index is 12.9. The van der Waals surface area contributed by atoms with Gasteiger partial charge < -0.3 is 10.4 Å². The Hall–Kier alpha value is -4.53. The predicted octanol–water partition coefficient (Wildman–Crippen LogP) is 2.70. The Balaban J connectivity index is 1.62. The van der Waals surface area contributed by atoms with E-state index < -0.39 is 16.7 Å². The second-order valence-corrected chi connectivity index (χ2v) is 6.77. The van der Waals surface area contributed by atoms with E-state index in [2.05, 4.69) is 15.8 Å². The highest BCUT2D eigenvalue weighted by Crippen LogP contribution is 2.24. The van der Waals surface area contributed by atoms with Gasteiger partial charge in [-0.2, -0.15) is 5.10 Å². The largest absolute Gasteiger partial charge is 0.507 e. The summed E-state index contributed by atoms with van der Waals surface area (Å²) in [5.74, 6) is -1.76. The Kier molecular flexibility index (Phi) is 7.26. The van der Waals surface area contributed by atoms with E-state index in [1.54, 1.807) is 0 Å². The van der Waals surface area contributed by atoms with Crippen LogP contribution in [0.2, 0.25) is 0 Å². The Morgan fingerprint density at radius 1 is 1.00 bits per heavy atom. The molecular formula is C23H20N4O5. The normalized spacial score (nSPS) is 10.8. The first-order valence-electron chi connectivity index (χ1n) is 9.62. The number of benzene rings is 3. The van der Waals surface area contributed by atoms with Crippen LogP contribution in [0.4, 0.5) is 5.69 Å². The molecule has 0 heterocycles. The topological polar surface area (TPSA) is 134 Å². The summed E-state index contributed by atoms with van der Waals surface area (Å²) in [6, 6.07) is 21.9. The average Bonchev–Trinajstić information content (AvgIpc) is 2.80. The summed E-state index contributed by atoms with van der Waals surface area (Å²) >= 11 is 0. The third-order valence-corrected chi connectivity index (χ3v) is 4.57. The van der Waals surface area contributed by atoms with E-state index in [-0.39, 0.29) is 29.5 Å². The zero-order valence-corrected chi connectivity index (χ0v) is 16.8. The number of nitro benzene ring substituents is 1. The molecule has 0 aliphatic rings. The fraction of sp³-hybridized carbons (Fsp3) is 0.0870. The van der Waals surface area contributed by atoms with Gasteiger partial charge in [0.2, 0.25) is 5.91 Å². The molecule has 2 amide bonds. The number of phenols is 1. The number of aromatic hydroxyl groups is 1. The summed E-state index contributed by atoms with van der Waals surface area (Å²) in [5, 5.41) is 26.9. The molecule has 0 atom stereocenters. The first-order chi connectivity index (χ1) is 15.5. The summed E-state index contributed by atoms with van der Waals surface area (Å²) < 4.78 is 0. The highest BCUT2D eigenvalue weighted by molar-refractivity contribution is 5.91. The van der Waals surface area contributed by atoms with Crippen LogP contribution in [-0.4, -0.2) is 34.6 Å². The van der Waals surface area contributed by atoms with Crippen LogP contribution in [-0.2, 0) is 9.59 Å². The number of amides is 2. The van der Waals surface area contributed by atoms with Gasteiger partial charge in [0, 0.05) is 17.7 Å². The molecule has 32 heavy (non-hydrogen) atoms. The zero-order chi connectivity index (χ0) is 22.9. The number of carbonyl (C=O) groups is 2.